The maximum absolute atomic E-state index is 13.4. The molecule has 35 heavy (non-hydrogen) atoms. The predicted octanol–water partition coefficient (Wildman–Crippen LogP) is 2.94. The molecule has 1 N–H and O–H groups in total. The molecule has 0 saturated carbocycles. The standard InChI is InChI=1S/C25H30N4O5S/c1-6-28(7-2)25(31)21(26-24(30)20-13-9-11-15-23(20)34-5)16-18-17-29(35(32,33)27(3)4)22-14-10-8-12-19(18)22/h8-17H,6-7H2,1-5H3,(H,26,30). The maximum atomic E-state index is 13.4. The summed E-state index contributed by atoms with van der Waals surface area (Å²) in [5.74, 6) is -0.530. The van der Waals surface area contributed by atoms with E-state index in [-0.39, 0.29) is 17.2 Å². The first-order chi connectivity index (χ1) is 16.6. The first-order valence-electron chi connectivity index (χ1n) is 11.1. The third-order valence-corrected chi connectivity index (χ3v) is 7.32. The highest BCUT2D eigenvalue weighted by Gasteiger charge is 2.24. The Balaban J connectivity index is 2.18. The molecule has 3 rings (SSSR count). The summed E-state index contributed by atoms with van der Waals surface area (Å²) in [6, 6.07) is 13.7. The minimum atomic E-state index is -3.82. The lowest BCUT2D eigenvalue weighted by molar-refractivity contribution is -0.127. The van der Waals surface area contributed by atoms with Gasteiger partial charge in [-0.1, -0.05) is 30.3 Å². The van der Waals surface area contributed by atoms with Crippen molar-refractivity contribution in [1.29, 1.82) is 0 Å². The van der Waals surface area contributed by atoms with E-state index in [1.807, 2.05) is 13.8 Å². The number of hydrogen-bond donors (Lipinski definition) is 1. The largest absolute Gasteiger partial charge is 0.496 e. The van der Waals surface area contributed by atoms with E-state index in [4.69, 9.17) is 4.74 Å². The second kappa shape index (κ2) is 10.7. The number of hydrogen-bond acceptors (Lipinski definition) is 5. The van der Waals surface area contributed by atoms with Gasteiger partial charge in [0.05, 0.1) is 18.2 Å². The maximum Gasteiger partial charge on any atom is 0.307 e. The van der Waals surface area contributed by atoms with Gasteiger partial charge in [-0.3, -0.25) is 9.59 Å². The molecule has 2 amide bonds. The second-order valence-corrected chi connectivity index (χ2v) is 9.90. The van der Waals surface area contributed by atoms with Crippen molar-refractivity contribution < 1.29 is 22.7 Å². The zero-order valence-electron chi connectivity index (χ0n) is 20.5. The Morgan fingerprint density at radius 2 is 1.66 bits per heavy atom. The van der Waals surface area contributed by atoms with E-state index in [1.165, 1.54) is 33.5 Å². The Labute approximate surface area is 205 Å². The molecule has 2 aromatic carbocycles. The number of ether oxygens (including phenoxy) is 1. The van der Waals surface area contributed by atoms with E-state index in [0.717, 1.165) is 8.28 Å². The lowest BCUT2D eigenvalue weighted by Gasteiger charge is -2.21. The Morgan fingerprint density at radius 3 is 2.29 bits per heavy atom. The molecule has 186 valence electrons. The van der Waals surface area contributed by atoms with Crippen LogP contribution in [0.5, 0.6) is 5.75 Å². The van der Waals surface area contributed by atoms with Crippen LogP contribution in [0.2, 0.25) is 0 Å². The Kier molecular flexibility index (Phi) is 7.98. The van der Waals surface area contributed by atoms with E-state index >= 15 is 0 Å². The van der Waals surface area contributed by atoms with Crippen LogP contribution in [0.4, 0.5) is 0 Å². The average molecular weight is 499 g/mol. The predicted molar refractivity (Wildman–Crippen MR) is 136 cm³/mol. The molecular weight excluding hydrogens is 468 g/mol. The summed E-state index contributed by atoms with van der Waals surface area (Å²) in [6.45, 7) is 4.56. The molecule has 0 fully saturated rings. The molecule has 0 aliphatic carbocycles. The van der Waals surface area contributed by atoms with Gasteiger partial charge in [0, 0.05) is 44.3 Å². The highest BCUT2D eigenvalue weighted by atomic mass is 32.2. The third-order valence-electron chi connectivity index (χ3n) is 5.60. The molecule has 0 aliphatic heterocycles. The van der Waals surface area contributed by atoms with Crippen molar-refractivity contribution in [1.82, 2.24) is 18.5 Å². The minimum absolute atomic E-state index is 0.0229. The summed E-state index contributed by atoms with van der Waals surface area (Å²) >= 11 is 0. The van der Waals surface area contributed by atoms with Crippen LogP contribution in [0.1, 0.15) is 29.8 Å². The smallest absolute Gasteiger partial charge is 0.307 e. The summed E-state index contributed by atoms with van der Waals surface area (Å²) in [7, 11) is 0.538. The molecule has 1 heterocycles. The van der Waals surface area contributed by atoms with Crippen molar-refractivity contribution in [3.63, 3.8) is 0 Å². The van der Waals surface area contributed by atoms with Gasteiger partial charge >= 0.3 is 10.2 Å². The zero-order valence-corrected chi connectivity index (χ0v) is 21.3. The molecule has 0 atom stereocenters. The van der Waals surface area contributed by atoms with Gasteiger partial charge in [0.15, 0.2) is 0 Å². The summed E-state index contributed by atoms with van der Waals surface area (Å²) in [4.78, 5) is 28.1. The van der Waals surface area contributed by atoms with E-state index in [9.17, 15) is 18.0 Å². The van der Waals surface area contributed by atoms with Crippen LogP contribution >= 0.6 is 0 Å². The number of nitrogens with zero attached hydrogens (tertiary/aromatic N) is 3. The lowest BCUT2D eigenvalue weighted by atomic mass is 10.1. The average Bonchev–Trinajstić information content (AvgIpc) is 3.23. The van der Waals surface area contributed by atoms with Crippen LogP contribution in [-0.2, 0) is 15.0 Å². The summed E-state index contributed by atoms with van der Waals surface area (Å²) < 4.78 is 33.4. The van der Waals surface area contributed by atoms with Gasteiger partial charge < -0.3 is 15.0 Å². The molecule has 0 aliphatic rings. The Hall–Kier alpha value is -3.63. The first-order valence-corrected chi connectivity index (χ1v) is 12.5. The topological polar surface area (TPSA) is 101 Å². The second-order valence-electron chi connectivity index (χ2n) is 7.88. The van der Waals surface area contributed by atoms with E-state index in [1.54, 1.807) is 53.4 Å². The number of carbonyl (C=O) groups is 2. The number of likely N-dealkylation sites (N-methyl/N-ethyl adjacent to an activating group) is 1. The number of methoxy groups -OCH3 is 1. The van der Waals surface area contributed by atoms with Crippen LogP contribution in [0, 0.1) is 0 Å². The number of aromatic nitrogens is 1. The monoisotopic (exact) mass is 498 g/mol. The molecule has 1 aromatic heterocycles. The van der Waals surface area contributed by atoms with Crippen molar-refractivity contribution in [2.24, 2.45) is 0 Å². The number of benzene rings is 2. The molecule has 0 saturated heterocycles. The van der Waals surface area contributed by atoms with E-state index in [2.05, 4.69) is 5.32 Å². The number of para-hydroxylation sites is 2. The van der Waals surface area contributed by atoms with Crippen LogP contribution < -0.4 is 10.1 Å². The van der Waals surface area contributed by atoms with Gasteiger partial charge in [-0.05, 0) is 38.1 Å². The van der Waals surface area contributed by atoms with Gasteiger partial charge in [-0.15, -0.1) is 0 Å². The fourth-order valence-corrected chi connectivity index (χ4v) is 4.67. The van der Waals surface area contributed by atoms with Gasteiger partial charge in [-0.25, -0.2) is 3.97 Å². The molecular formula is C25H30N4O5S. The molecule has 10 heteroatoms. The number of carbonyl (C=O) groups excluding carboxylic acids is 2. The molecule has 9 nitrogen and oxygen atoms in total. The van der Waals surface area contributed by atoms with Crippen molar-refractivity contribution in [3.05, 3.63) is 71.6 Å². The summed E-state index contributed by atoms with van der Waals surface area (Å²) in [5, 5.41) is 3.34. The third kappa shape index (κ3) is 5.23. The quantitative estimate of drug-likeness (QED) is 0.457. The highest BCUT2D eigenvalue weighted by Crippen LogP contribution is 2.26. The Bertz CT molecular complexity index is 1370. The fraction of sp³-hybridized carbons (Fsp3) is 0.280. The fourth-order valence-electron chi connectivity index (χ4n) is 3.67. The van der Waals surface area contributed by atoms with Crippen molar-refractivity contribution in [3.8, 4) is 5.75 Å². The zero-order chi connectivity index (χ0) is 25.8. The van der Waals surface area contributed by atoms with Gasteiger partial charge in [0.2, 0.25) is 0 Å². The van der Waals surface area contributed by atoms with E-state index in [0.29, 0.717) is 35.3 Å². The van der Waals surface area contributed by atoms with Crippen molar-refractivity contribution >= 4 is 39.0 Å². The van der Waals surface area contributed by atoms with Crippen molar-refractivity contribution in [2.45, 2.75) is 13.8 Å². The van der Waals surface area contributed by atoms with Crippen LogP contribution in [-0.4, -0.2) is 67.7 Å². The highest BCUT2D eigenvalue weighted by molar-refractivity contribution is 7.87. The Morgan fingerprint density at radius 1 is 1.03 bits per heavy atom. The molecule has 0 unspecified atom stereocenters. The summed E-state index contributed by atoms with van der Waals surface area (Å²) in [5.41, 5.74) is 1.22. The van der Waals surface area contributed by atoms with E-state index < -0.39 is 16.1 Å². The van der Waals surface area contributed by atoms with Crippen LogP contribution in [0.3, 0.4) is 0 Å². The molecule has 0 bridgehead atoms. The number of fused-ring (bicyclic) bond motifs is 1. The molecule has 0 spiro atoms. The lowest BCUT2D eigenvalue weighted by Crippen LogP contribution is -2.38. The normalized spacial score (nSPS) is 12.1. The SMILES string of the molecule is CCN(CC)C(=O)C(=Cc1cn(S(=O)(=O)N(C)C)c2ccccc12)NC(=O)c1ccccc1OC. The van der Waals surface area contributed by atoms with Crippen LogP contribution in [0.25, 0.3) is 17.0 Å². The van der Waals surface area contributed by atoms with Crippen LogP contribution in [0.15, 0.2) is 60.4 Å². The number of nitrogens with one attached hydrogen (secondary N) is 1. The first kappa shape index (κ1) is 26.0. The summed E-state index contributed by atoms with van der Waals surface area (Å²) in [6.07, 6.45) is 2.96. The van der Waals surface area contributed by atoms with Gasteiger partial charge in [0.25, 0.3) is 11.8 Å². The number of amides is 2. The molecule has 0 radical (unpaired) electrons. The van der Waals surface area contributed by atoms with Gasteiger partial charge in [-0.2, -0.15) is 12.7 Å². The number of rotatable bonds is 9. The van der Waals surface area contributed by atoms with Crippen molar-refractivity contribution in [2.75, 3.05) is 34.3 Å². The van der Waals surface area contributed by atoms with Gasteiger partial charge in [0.1, 0.15) is 11.4 Å². The molecule has 3 aromatic rings. The minimum Gasteiger partial charge on any atom is -0.496 e.